The zero-order chi connectivity index (χ0) is 12.3. The third kappa shape index (κ3) is 3.08. The number of hydrogen-bond donors (Lipinski definition) is 1. The van der Waals surface area contributed by atoms with Crippen LogP contribution in [0.5, 0.6) is 0 Å². The van der Waals surface area contributed by atoms with E-state index in [1.165, 1.54) is 6.07 Å². The van der Waals surface area contributed by atoms with Gasteiger partial charge in [-0.15, -0.1) is 0 Å². The Morgan fingerprint density at radius 3 is 2.65 bits per heavy atom. The van der Waals surface area contributed by atoms with Crippen LogP contribution in [0.2, 0.25) is 10.2 Å². The lowest BCUT2D eigenvalue weighted by Crippen LogP contribution is -2.02. The van der Waals surface area contributed by atoms with E-state index < -0.39 is 0 Å². The molecule has 0 aliphatic heterocycles. The highest BCUT2D eigenvalue weighted by molar-refractivity contribution is 6.31. The topological polar surface area (TPSA) is 24.9 Å². The summed E-state index contributed by atoms with van der Waals surface area (Å²) < 4.78 is 13.5. The molecule has 0 amide bonds. The molecule has 0 atom stereocenters. The van der Waals surface area contributed by atoms with E-state index >= 15 is 0 Å². The van der Waals surface area contributed by atoms with Gasteiger partial charge in [-0.05, 0) is 24.3 Å². The van der Waals surface area contributed by atoms with Crippen LogP contribution in [-0.2, 0) is 6.54 Å². The minimum atomic E-state index is -0.327. The van der Waals surface area contributed by atoms with Crippen LogP contribution >= 0.6 is 23.2 Å². The summed E-state index contributed by atoms with van der Waals surface area (Å²) in [6, 6.07) is 8.03. The Labute approximate surface area is 108 Å². The predicted molar refractivity (Wildman–Crippen MR) is 68.0 cm³/mol. The Bertz CT molecular complexity index is 494. The van der Waals surface area contributed by atoms with Crippen LogP contribution in [0.3, 0.4) is 0 Å². The molecule has 0 saturated heterocycles. The Morgan fingerprint density at radius 2 is 2.00 bits per heavy atom. The van der Waals surface area contributed by atoms with Gasteiger partial charge in [-0.1, -0.05) is 29.3 Å². The first-order valence-corrected chi connectivity index (χ1v) is 5.71. The first-order chi connectivity index (χ1) is 8.16. The Kier molecular flexibility index (Phi) is 3.82. The molecule has 2 rings (SSSR count). The van der Waals surface area contributed by atoms with E-state index in [0.29, 0.717) is 22.3 Å². The van der Waals surface area contributed by atoms with Gasteiger partial charge in [0.2, 0.25) is 0 Å². The summed E-state index contributed by atoms with van der Waals surface area (Å²) >= 11 is 11.6. The number of nitrogens with one attached hydrogen (secondary N) is 1. The number of nitrogens with zero attached hydrogens (tertiary/aromatic N) is 1. The summed E-state index contributed by atoms with van der Waals surface area (Å²) in [5.74, 6) is -0.327. The number of aromatic nitrogens is 1. The number of anilines is 1. The second kappa shape index (κ2) is 5.34. The normalized spacial score (nSPS) is 10.3. The number of pyridine rings is 1. The monoisotopic (exact) mass is 270 g/mol. The lowest BCUT2D eigenvalue weighted by molar-refractivity contribution is 0.613. The van der Waals surface area contributed by atoms with Crippen molar-refractivity contribution in [3.63, 3.8) is 0 Å². The van der Waals surface area contributed by atoms with E-state index in [2.05, 4.69) is 10.3 Å². The highest BCUT2D eigenvalue weighted by Crippen LogP contribution is 2.20. The van der Waals surface area contributed by atoms with Crippen LogP contribution in [0.1, 0.15) is 5.56 Å². The van der Waals surface area contributed by atoms with Gasteiger partial charge in [-0.3, -0.25) is 0 Å². The molecule has 1 aromatic carbocycles. The molecular weight excluding hydrogens is 262 g/mol. The van der Waals surface area contributed by atoms with Gasteiger partial charge in [0.1, 0.15) is 11.0 Å². The van der Waals surface area contributed by atoms with Crippen LogP contribution in [0.4, 0.5) is 10.1 Å². The molecule has 0 spiro atoms. The van der Waals surface area contributed by atoms with Crippen molar-refractivity contribution in [2.75, 3.05) is 5.32 Å². The van der Waals surface area contributed by atoms with Gasteiger partial charge >= 0.3 is 0 Å². The number of rotatable bonds is 3. The smallest absolute Gasteiger partial charge is 0.129 e. The lowest BCUT2D eigenvalue weighted by Gasteiger charge is -2.08. The molecule has 1 heterocycles. The van der Waals surface area contributed by atoms with Gasteiger partial charge in [0.25, 0.3) is 0 Å². The van der Waals surface area contributed by atoms with E-state index in [0.717, 1.165) is 5.69 Å². The highest BCUT2D eigenvalue weighted by atomic mass is 35.5. The molecule has 5 heteroatoms. The molecule has 0 saturated carbocycles. The van der Waals surface area contributed by atoms with E-state index in [4.69, 9.17) is 23.2 Å². The fourth-order valence-electron chi connectivity index (χ4n) is 1.37. The fraction of sp³-hybridized carbons (Fsp3) is 0.0833. The molecule has 0 radical (unpaired) electrons. The maximum atomic E-state index is 13.5. The second-order valence-electron chi connectivity index (χ2n) is 3.42. The largest absolute Gasteiger partial charge is 0.380 e. The zero-order valence-corrected chi connectivity index (χ0v) is 10.3. The second-order valence-corrected chi connectivity index (χ2v) is 4.22. The lowest BCUT2D eigenvalue weighted by atomic mass is 10.2. The van der Waals surface area contributed by atoms with E-state index in [-0.39, 0.29) is 5.82 Å². The maximum absolute atomic E-state index is 13.5. The summed E-state index contributed by atoms with van der Waals surface area (Å²) in [5.41, 5.74) is 1.19. The van der Waals surface area contributed by atoms with Crippen molar-refractivity contribution >= 4 is 28.9 Å². The van der Waals surface area contributed by atoms with Gasteiger partial charge < -0.3 is 5.32 Å². The van der Waals surface area contributed by atoms with Crippen LogP contribution in [-0.4, -0.2) is 4.98 Å². The Morgan fingerprint density at radius 1 is 1.18 bits per heavy atom. The third-order valence-electron chi connectivity index (χ3n) is 2.26. The van der Waals surface area contributed by atoms with Gasteiger partial charge in [-0.25, -0.2) is 9.37 Å². The highest BCUT2D eigenvalue weighted by Gasteiger charge is 2.06. The van der Waals surface area contributed by atoms with Crippen LogP contribution in [0.25, 0.3) is 0 Å². The summed E-state index contributed by atoms with van der Waals surface area (Å²) in [5, 5.41) is 3.84. The predicted octanol–water partition coefficient (Wildman–Crippen LogP) is 4.14. The van der Waals surface area contributed by atoms with Crippen molar-refractivity contribution in [2.24, 2.45) is 0 Å². The molecule has 1 N–H and O–H groups in total. The molecule has 0 fully saturated rings. The van der Waals surface area contributed by atoms with Gasteiger partial charge in [0.15, 0.2) is 0 Å². The van der Waals surface area contributed by atoms with Gasteiger partial charge in [-0.2, -0.15) is 0 Å². The van der Waals surface area contributed by atoms with Crippen molar-refractivity contribution in [1.29, 1.82) is 0 Å². The minimum Gasteiger partial charge on any atom is -0.380 e. The summed E-state index contributed by atoms with van der Waals surface area (Å²) in [6.45, 7) is 0.300. The van der Waals surface area contributed by atoms with Gasteiger partial charge in [0.05, 0.1) is 11.9 Å². The molecule has 1 aromatic heterocycles. The zero-order valence-electron chi connectivity index (χ0n) is 8.75. The van der Waals surface area contributed by atoms with E-state index in [9.17, 15) is 4.39 Å². The fourth-order valence-corrected chi connectivity index (χ4v) is 1.71. The van der Waals surface area contributed by atoms with Crippen molar-refractivity contribution in [1.82, 2.24) is 4.98 Å². The quantitative estimate of drug-likeness (QED) is 0.848. The first-order valence-electron chi connectivity index (χ1n) is 4.95. The molecule has 2 nitrogen and oxygen atoms in total. The van der Waals surface area contributed by atoms with Crippen molar-refractivity contribution in [2.45, 2.75) is 6.54 Å². The molecule has 0 bridgehead atoms. The Balaban J connectivity index is 2.10. The molecule has 2 aromatic rings. The van der Waals surface area contributed by atoms with E-state index in [1.807, 2.05) is 0 Å². The molecule has 0 aliphatic rings. The molecule has 88 valence electrons. The third-order valence-corrected chi connectivity index (χ3v) is 2.84. The molecule has 0 aliphatic carbocycles. The number of hydrogen-bond acceptors (Lipinski definition) is 2. The minimum absolute atomic E-state index is 0.300. The summed E-state index contributed by atoms with van der Waals surface area (Å²) in [4.78, 5) is 3.91. The molecular formula is C12H9Cl2FN2. The van der Waals surface area contributed by atoms with E-state index in [1.54, 1.807) is 30.5 Å². The number of benzene rings is 1. The average Bonchev–Trinajstić information content (AvgIpc) is 2.31. The van der Waals surface area contributed by atoms with Crippen LogP contribution < -0.4 is 5.32 Å². The maximum Gasteiger partial charge on any atom is 0.129 e. The molecule has 17 heavy (non-hydrogen) atoms. The summed E-state index contributed by atoms with van der Waals surface area (Å²) in [7, 11) is 0. The van der Waals surface area contributed by atoms with Crippen LogP contribution in [0.15, 0.2) is 36.5 Å². The SMILES string of the molecule is Fc1cccc(Cl)c1CNc1ccc(Cl)nc1. The van der Waals surface area contributed by atoms with Crippen molar-refractivity contribution < 1.29 is 4.39 Å². The van der Waals surface area contributed by atoms with Crippen molar-refractivity contribution in [3.05, 3.63) is 58.1 Å². The van der Waals surface area contributed by atoms with Crippen LogP contribution in [0, 0.1) is 5.82 Å². The standard InChI is InChI=1S/C12H9Cl2FN2/c13-10-2-1-3-11(15)9(10)7-16-8-4-5-12(14)17-6-8/h1-6,16H,7H2. The average molecular weight is 271 g/mol. The Hall–Kier alpha value is -1.32. The number of halogens is 3. The van der Waals surface area contributed by atoms with Crippen molar-refractivity contribution in [3.8, 4) is 0 Å². The van der Waals surface area contributed by atoms with Gasteiger partial charge in [0, 0.05) is 17.1 Å². The first kappa shape index (κ1) is 12.1. The summed E-state index contributed by atoms with van der Waals surface area (Å²) in [6.07, 6.45) is 1.58. The molecule has 0 unspecified atom stereocenters.